The quantitative estimate of drug-likeness (QED) is 0.242. The van der Waals surface area contributed by atoms with Gasteiger partial charge in [0.15, 0.2) is 0 Å². The molecule has 2 unspecified atom stereocenters. The van der Waals surface area contributed by atoms with E-state index in [4.69, 9.17) is 0 Å². The molecule has 0 aromatic heterocycles. The van der Waals surface area contributed by atoms with Crippen LogP contribution in [0.5, 0.6) is 0 Å². The molecule has 0 aliphatic carbocycles. The smallest absolute Gasteiger partial charge is 0.326 e. The van der Waals surface area contributed by atoms with Crippen LogP contribution in [-0.4, -0.2) is 46.0 Å². The summed E-state index contributed by atoms with van der Waals surface area (Å²) in [6.07, 6.45) is 0.964. The summed E-state index contributed by atoms with van der Waals surface area (Å²) in [5.41, 5.74) is -0.302. The molecule has 38 heavy (non-hydrogen) atoms. The number of carboxylic acids is 2. The molecule has 0 bridgehead atoms. The van der Waals surface area contributed by atoms with Crippen LogP contribution in [0.15, 0.2) is 46.2 Å². The molecule has 0 heterocycles. The van der Waals surface area contributed by atoms with Gasteiger partial charge in [-0.25, -0.2) is 18.4 Å². The van der Waals surface area contributed by atoms with Crippen LogP contribution in [0.25, 0.3) is 0 Å². The molecule has 2 amide bonds. The number of nitrogens with one attached hydrogen (secondary N) is 2. The van der Waals surface area contributed by atoms with Crippen molar-refractivity contribution in [3.8, 4) is 0 Å². The van der Waals surface area contributed by atoms with E-state index in [0.717, 1.165) is 12.1 Å². The zero-order valence-electron chi connectivity index (χ0n) is 21.3. The van der Waals surface area contributed by atoms with Crippen molar-refractivity contribution in [3.63, 3.8) is 0 Å². The second kappa shape index (κ2) is 14.1. The van der Waals surface area contributed by atoms with E-state index in [9.17, 15) is 38.2 Å². The first-order chi connectivity index (χ1) is 17.9. The number of aliphatic carboxylic acids is 2. The van der Waals surface area contributed by atoms with Crippen LogP contribution < -0.4 is 10.6 Å². The number of carbonyl (C=O) groups excluding carboxylic acids is 2. The lowest BCUT2D eigenvalue weighted by molar-refractivity contribution is -0.141. The third-order valence-corrected chi connectivity index (χ3v) is 8.66. The molecular formula is C26H30F2N2O6S2. The highest BCUT2D eigenvalue weighted by molar-refractivity contribution is 8.76. The maximum absolute atomic E-state index is 14.8. The summed E-state index contributed by atoms with van der Waals surface area (Å²) in [7, 11) is 1.37. The van der Waals surface area contributed by atoms with E-state index in [1.54, 1.807) is 27.7 Å². The molecule has 2 aromatic rings. The summed E-state index contributed by atoms with van der Waals surface area (Å²) in [5.74, 6) is -6.46. The number of hydrogen-bond donors (Lipinski definition) is 4. The van der Waals surface area contributed by atoms with Gasteiger partial charge in [0.2, 0.25) is 0 Å². The van der Waals surface area contributed by atoms with Crippen LogP contribution >= 0.6 is 21.6 Å². The molecular weight excluding hydrogens is 538 g/mol. The second-order valence-corrected chi connectivity index (χ2v) is 10.9. The fourth-order valence-electron chi connectivity index (χ4n) is 3.43. The molecule has 12 heteroatoms. The molecule has 0 aliphatic heterocycles. The molecule has 0 saturated heterocycles. The first kappa shape index (κ1) is 31.1. The summed E-state index contributed by atoms with van der Waals surface area (Å²) in [6.45, 7) is 6.88. The molecule has 0 aliphatic rings. The van der Waals surface area contributed by atoms with Gasteiger partial charge in [-0.1, -0.05) is 52.7 Å². The van der Waals surface area contributed by atoms with E-state index < -0.39 is 47.5 Å². The van der Waals surface area contributed by atoms with E-state index in [0.29, 0.717) is 34.4 Å². The molecule has 4 N–H and O–H groups in total. The average Bonchev–Trinajstić information content (AvgIpc) is 2.88. The van der Waals surface area contributed by atoms with Crippen LogP contribution in [0.2, 0.25) is 0 Å². The Morgan fingerprint density at radius 1 is 0.737 bits per heavy atom. The predicted octanol–water partition coefficient (Wildman–Crippen LogP) is 5.22. The van der Waals surface area contributed by atoms with Crippen molar-refractivity contribution in [2.75, 3.05) is 0 Å². The highest BCUT2D eigenvalue weighted by atomic mass is 33.1. The second-order valence-electron chi connectivity index (χ2n) is 8.75. The summed E-state index contributed by atoms with van der Waals surface area (Å²) in [6, 6.07) is 5.02. The number of hydrogen-bond acceptors (Lipinski definition) is 6. The Bertz CT molecular complexity index is 1100. The molecule has 4 atom stereocenters. The minimum absolute atomic E-state index is 0.151. The Morgan fingerprint density at radius 3 is 1.37 bits per heavy atom. The summed E-state index contributed by atoms with van der Waals surface area (Å²) < 4.78 is 29.6. The first-order valence-corrected chi connectivity index (χ1v) is 14.1. The Labute approximate surface area is 227 Å². The minimum Gasteiger partial charge on any atom is -0.480 e. The molecule has 8 nitrogen and oxygen atoms in total. The Hall–Kier alpha value is -3.12. The van der Waals surface area contributed by atoms with Crippen molar-refractivity contribution in [2.24, 2.45) is 11.8 Å². The lowest BCUT2D eigenvalue weighted by Gasteiger charge is -2.21. The average molecular weight is 569 g/mol. The van der Waals surface area contributed by atoms with Crippen molar-refractivity contribution in [2.45, 2.75) is 62.4 Å². The fourth-order valence-corrected chi connectivity index (χ4v) is 5.91. The number of amides is 2. The highest BCUT2D eigenvalue weighted by Gasteiger charge is 2.29. The van der Waals surface area contributed by atoms with E-state index >= 15 is 0 Å². The SMILES string of the molecule is CCC(C)[C@H](NC(=O)c1cccc(F)c1SSc1c(F)cccc1C(=O)N[C@@H](C(=O)O)C(C)CC)C(=O)O. The van der Waals surface area contributed by atoms with Crippen LogP contribution in [0, 0.1) is 23.5 Å². The molecule has 2 rings (SSSR count). The monoisotopic (exact) mass is 568 g/mol. The van der Waals surface area contributed by atoms with Gasteiger partial charge < -0.3 is 20.8 Å². The van der Waals surface area contributed by atoms with Crippen molar-refractivity contribution in [1.82, 2.24) is 10.6 Å². The van der Waals surface area contributed by atoms with E-state index in [-0.39, 0.29) is 32.8 Å². The van der Waals surface area contributed by atoms with Gasteiger partial charge in [-0.15, -0.1) is 0 Å². The molecule has 206 valence electrons. The van der Waals surface area contributed by atoms with Crippen molar-refractivity contribution in [3.05, 3.63) is 59.2 Å². The van der Waals surface area contributed by atoms with Gasteiger partial charge in [0.05, 0.1) is 20.9 Å². The van der Waals surface area contributed by atoms with Crippen molar-refractivity contribution < 1.29 is 38.2 Å². The van der Waals surface area contributed by atoms with Crippen LogP contribution in [0.1, 0.15) is 61.3 Å². The van der Waals surface area contributed by atoms with Gasteiger partial charge in [0.25, 0.3) is 11.8 Å². The largest absolute Gasteiger partial charge is 0.480 e. The normalized spacial score (nSPS) is 14.2. The van der Waals surface area contributed by atoms with Crippen molar-refractivity contribution >= 4 is 45.3 Å². The number of benzene rings is 2. The number of rotatable bonds is 13. The lowest BCUT2D eigenvalue weighted by Crippen LogP contribution is -2.45. The van der Waals surface area contributed by atoms with Gasteiger partial charge in [0, 0.05) is 0 Å². The zero-order valence-corrected chi connectivity index (χ0v) is 22.9. The van der Waals surface area contributed by atoms with Crippen LogP contribution in [0.3, 0.4) is 0 Å². The molecule has 0 radical (unpaired) electrons. The lowest BCUT2D eigenvalue weighted by atomic mass is 9.99. The highest BCUT2D eigenvalue weighted by Crippen LogP contribution is 2.43. The maximum Gasteiger partial charge on any atom is 0.326 e. The van der Waals surface area contributed by atoms with Gasteiger partial charge >= 0.3 is 11.9 Å². The summed E-state index contributed by atoms with van der Waals surface area (Å²) in [4.78, 5) is 48.8. The number of carbonyl (C=O) groups is 4. The molecule has 0 fully saturated rings. The maximum atomic E-state index is 14.8. The third-order valence-electron chi connectivity index (χ3n) is 6.16. The van der Waals surface area contributed by atoms with Crippen molar-refractivity contribution in [1.29, 1.82) is 0 Å². The van der Waals surface area contributed by atoms with Crippen LogP contribution in [-0.2, 0) is 9.59 Å². The van der Waals surface area contributed by atoms with Gasteiger partial charge in [0.1, 0.15) is 23.7 Å². The number of carboxylic acid groups (broad SMARTS) is 2. The van der Waals surface area contributed by atoms with E-state index in [2.05, 4.69) is 10.6 Å². The Balaban J connectivity index is 2.35. The molecule has 0 spiro atoms. The van der Waals surface area contributed by atoms with Gasteiger partial charge in [-0.3, -0.25) is 9.59 Å². The minimum atomic E-state index is -1.23. The topological polar surface area (TPSA) is 133 Å². The third kappa shape index (κ3) is 7.70. The fraction of sp³-hybridized carbons (Fsp3) is 0.385. The zero-order chi connectivity index (χ0) is 28.6. The number of halogens is 2. The standard InChI is InChI=1S/C26H30F2N2O6S2/c1-5-13(3)19(25(33)34)29-23(31)15-9-7-11-17(27)21(15)37-38-22-16(10-8-12-18(22)28)24(32)30-20(26(35)36)14(4)6-2/h7-14,19-20H,5-6H2,1-4H3,(H,29,31)(H,30,32)(H,33,34)(H,35,36)/t13?,14?,19-,20+. The van der Waals surface area contributed by atoms with Gasteiger partial charge in [-0.05, 0) is 57.7 Å². The predicted molar refractivity (Wildman–Crippen MR) is 141 cm³/mol. The molecule has 2 aromatic carbocycles. The van der Waals surface area contributed by atoms with E-state index in [1.807, 2.05) is 0 Å². The summed E-state index contributed by atoms with van der Waals surface area (Å²) in [5, 5.41) is 23.8. The van der Waals surface area contributed by atoms with Crippen LogP contribution in [0.4, 0.5) is 8.78 Å². The first-order valence-electron chi connectivity index (χ1n) is 11.9. The van der Waals surface area contributed by atoms with Gasteiger partial charge in [-0.2, -0.15) is 0 Å². The Morgan fingerprint density at radius 2 is 1.08 bits per heavy atom. The summed E-state index contributed by atoms with van der Waals surface area (Å²) >= 11 is 0. The molecule has 0 saturated carbocycles. The Kier molecular flexibility index (Phi) is 11.6. The van der Waals surface area contributed by atoms with E-state index in [1.165, 1.54) is 24.3 Å².